The van der Waals surface area contributed by atoms with Gasteiger partial charge in [-0.15, -0.1) is 0 Å². The lowest BCUT2D eigenvalue weighted by Crippen LogP contribution is -2.44. The quantitative estimate of drug-likeness (QED) is 0.836. The monoisotopic (exact) mass is 302 g/mol. The highest BCUT2D eigenvalue weighted by Crippen LogP contribution is 2.62. The van der Waals surface area contributed by atoms with Gasteiger partial charge in [-0.2, -0.15) is 0 Å². The number of aliphatic hydroxyl groups excluding tert-OH is 2. The van der Waals surface area contributed by atoms with Gasteiger partial charge in [0.15, 0.2) is 0 Å². The zero-order valence-corrected chi connectivity index (χ0v) is 13.5. The van der Waals surface area contributed by atoms with Crippen molar-refractivity contribution in [2.75, 3.05) is 7.11 Å². The van der Waals surface area contributed by atoms with Gasteiger partial charge in [0.1, 0.15) is 5.75 Å². The van der Waals surface area contributed by atoms with Crippen molar-refractivity contribution in [2.24, 2.45) is 17.3 Å². The van der Waals surface area contributed by atoms with Crippen molar-refractivity contribution < 1.29 is 14.9 Å². The maximum atomic E-state index is 10.7. The van der Waals surface area contributed by atoms with E-state index >= 15 is 0 Å². The van der Waals surface area contributed by atoms with Gasteiger partial charge >= 0.3 is 0 Å². The highest BCUT2D eigenvalue weighted by molar-refractivity contribution is 5.42. The second kappa shape index (κ2) is 4.97. The average Bonchev–Trinajstić information content (AvgIpc) is 2.83. The molecular weight excluding hydrogens is 276 g/mol. The summed E-state index contributed by atoms with van der Waals surface area (Å²) < 4.78 is 5.32. The molecule has 3 aliphatic carbocycles. The number of benzene rings is 1. The van der Waals surface area contributed by atoms with E-state index in [1.54, 1.807) is 7.11 Å². The van der Waals surface area contributed by atoms with E-state index in [1.165, 1.54) is 5.56 Å². The van der Waals surface area contributed by atoms with E-state index in [-0.39, 0.29) is 11.5 Å². The summed E-state index contributed by atoms with van der Waals surface area (Å²) in [5.74, 6) is 2.42. The molecule has 4 rings (SSSR count). The van der Waals surface area contributed by atoms with E-state index in [0.717, 1.165) is 43.4 Å². The second-order valence-corrected chi connectivity index (χ2v) is 7.76. The van der Waals surface area contributed by atoms with Crippen molar-refractivity contribution in [3.8, 4) is 5.75 Å². The van der Waals surface area contributed by atoms with Crippen LogP contribution in [0.1, 0.15) is 62.2 Å². The van der Waals surface area contributed by atoms with Crippen molar-refractivity contribution >= 4 is 0 Å². The van der Waals surface area contributed by atoms with E-state index in [9.17, 15) is 10.2 Å². The molecule has 1 aromatic rings. The molecular formula is C19H26O3. The minimum atomic E-state index is -0.397. The Bertz CT molecular complexity index is 584. The van der Waals surface area contributed by atoms with Crippen molar-refractivity contribution in [1.82, 2.24) is 0 Å². The van der Waals surface area contributed by atoms with Gasteiger partial charge in [-0.1, -0.05) is 13.0 Å². The standard InChI is InChI=1S/C19H26O3/c1-19-8-7-13-12-4-3-11(22-2)9-15(12)17(20)10-14(13)16(19)5-6-18(19)21/h3-4,9,13-14,16-18,20-21H,5-8,10H2,1-2H3/t13-,14-,16-,17-,18+,19+/m1/s1. The fourth-order valence-electron chi connectivity index (χ4n) is 5.67. The van der Waals surface area contributed by atoms with Gasteiger partial charge < -0.3 is 14.9 Å². The summed E-state index contributed by atoms with van der Waals surface area (Å²) in [4.78, 5) is 0. The number of hydrogen-bond acceptors (Lipinski definition) is 3. The summed E-state index contributed by atoms with van der Waals surface area (Å²) in [6, 6.07) is 6.18. The summed E-state index contributed by atoms with van der Waals surface area (Å²) in [6.07, 6.45) is 4.53. The lowest BCUT2D eigenvalue weighted by Gasteiger charge is -2.50. The Morgan fingerprint density at radius 1 is 1.14 bits per heavy atom. The molecule has 1 aromatic carbocycles. The number of rotatable bonds is 1. The molecule has 120 valence electrons. The fraction of sp³-hybridized carbons (Fsp3) is 0.684. The lowest BCUT2D eigenvalue weighted by atomic mass is 9.55. The molecule has 0 aliphatic heterocycles. The second-order valence-electron chi connectivity index (χ2n) is 7.76. The van der Waals surface area contributed by atoms with Crippen LogP contribution in [0.5, 0.6) is 5.75 Å². The summed E-state index contributed by atoms with van der Waals surface area (Å²) in [6.45, 7) is 2.27. The lowest BCUT2D eigenvalue weighted by molar-refractivity contribution is -0.0372. The van der Waals surface area contributed by atoms with Crippen molar-refractivity contribution in [3.63, 3.8) is 0 Å². The van der Waals surface area contributed by atoms with Crippen LogP contribution < -0.4 is 4.74 Å². The number of methoxy groups -OCH3 is 1. The normalized spacial score (nSPS) is 43.2. The van der Waals surface area contributed by atoms with Crippen LogP contribution in [0, 0.1) is 17.3 Å². The van der Waals surface area contributed by atoms with Crippen LogP contribution in [0.15, 0.2) is 18.2 Å². The molecule has 0 unspecified atom stereocenters. The summed E-state index contributed by atoms with van der Waals surface area (Å²) in [5, 5.41) is 21.1. The Balaban J connectivity index is 1.73. The Hall–Kier alpha value is -1.06. The number of aliphatic hydroxyl groups is 2. The third-order valence-corrected chi connectivity index (χ3v) is 6.93. The maximum absolute atomic E-state index is 10.7. The van der Waals surface area contributed by atoms with E-state index in [0.29, 0.717) is 17.8 Å². The number of ether oxygens (including phenoxy) is 1. The van der Waals surface area contributed by atoms with E-state index in [2.05, 4.69) is 13.0 Å². The first-order valence-electron chi connectivity index (χ1n) is 8.58. The van der Waals surface area contributed by atoms with Gasteiger partial charge in [-0.25, -0.2) is 0 Å². The molecule has 3 heteroatoms. The molecule has 0 spiro atoms. The Morgan fingerprint density at radius 3 is 2.73 bits per heavy atom. The summed E-state index contributed by atoms with van der Waals surface area (Å²) in [7, 11) is 1.67. The van der Waals surface area contributed by atoms with Crippen molar-refractivity contribution in [3.05, 3.63) is 29.3 Å². The average molecular weight is 302 g/mol. The van der Waals surface area contributed by atoms with Gasteiger partial charge in [0.2, 0.25) is 0 Å². The van der Waals surface area contributed by atoms with Crippen molar-refractivity contribution in [1.29, 1.82) is 0 Å². The molecule has 22 heavy (non-hydrogen) atoms. The Labute approximate surface area is 132 Å². The molecule has 0 heterocycles. The van der Waals surface area contributed by atoms with Gasteiger partial charge in [-0.3, -0.25) is 0 Å². The SMILES string of the molecule is COc1ccc2c(c1)[C@H](O)C[C@@H]1[C@@H]2CC[C@@]2(C)[C@@H]1CC[C@@H]2O. The van der Waals surface area contributed by atoms with Gasteiger partial charge in [0, 0.05) is 0 Å². The van der Waals surface area contributed by atoms with Crippen LogP contribution in [-0.2, 0) is 0 Å². The molecule has 6 atom stereocenters. The first-order chi connectivity index (χ1) is 10.5. The predicted molar refractivity (Wildman–Crippen MR) is 84.9 cm³/mol. The minimum absolute atomic E-state index is 0.0604. The molecule has 0 saturated heterocycles. The van der Waals surface area contributed by atoms with Crippen LogP contribution in [0.25, 0.3) is 0 Å². The molecule has 2 N–H and O–H groups in total. The molecule has 3 aliphatic rings. The Morgan fingerprint density at radius 2 is 1.95 bits per heavy atom. The van der Waals surface area contributed by atoms with E-state index < -0.39 is 6.10 Å². The van der Waals surface area contributed by atoms with Gasteiger partial charge in [-0.05, 0) is 78.5 Å². The van der Waals surface area contributed by atoms with Crippen molar-refractivity contribution in [2.45, 2.75) is 57.2 Å². The van der Waals surface area contributed by atoms with Gasteiger partial charge in [0.05, 0.1) is 19.3 Å². The topological polar surface area (TPSA) is 49.7 Å². The van der Waals surface area contributed by atoms with Crippen LogP contribution >= 0.6 is 0 Å². The number of fused-ring (bicyclic) bond motifs is 5. The minimum Gasteiger partial charge on any atom is -0.497 e. The molecule has 2 fully saturated rings. The third kappa shape index (κ3) is 1.88. The third-order valence-electron chi connectivity index (χ3n) is 6.93. The highest BCUT2D eigenvalue weighted by atomic mass is 16.5. The van der Waals surface area contributed by atoms with Crippen LogP contribution in [-0.4, -0.2) is 23.4 Å². The first kappa shape index (κ1) is 14.5. The van der Waals surface area contributed by atoms with Crippen LogP contribution in [0.4, 0.5) is 0 Å². The van der Waals surface area contributed by atoms with E-state index in [4.69, 9.17) is 4.74 Å². The summed E-state index contributed by atoms with van der Waals surface area (Å²) in [5.41, 5.74) is 2.43. The predicted octanol–water partition coefficient (Wildman–Crippen LogP) is 3.40. The molecule has 0 amide bonds. The van der Waals surface area contributed by atoms with E-state index in [1.807, 2.05) is 12.1 Å². The zero-order valence-electron chi connectivity index (χ0n) is 13.5. The largest absolute Gasteiger partial charge is 0.497 e. The first-order valence-corrected chi connectivity index (χ1v) is 8.58. The highest BCUT2D eigenvalue weighted by Gasteiger charge is 2.55. The molecule has 0 aromatic heterocycles. The van der Waals surface area contributed by atoms with Crippen LogP contribution in [0.3, 0.4) is 0 Å². The Kier molecular flexibility index (Phi) is 3.28. The smallest absolute Gasteiger partial charge is 0.119 e. The molecule has 3 nitrogen and oxygen atoms in total. The molecule has 0 radical (unpaired) electrons. The fourth-order valence-corrected chi connectivity index (χ4v) is 5.67. The van der Waals surface area contributed by atoms with Gasteiger partial charge in [0.25, 0.3) is 0 Å². The molecule has 0 bridgehead atoms. The van der Waals surface area contributed by atoms with Crippen LogP contribution in [0.2, 0.25) is 0 Å². The maximum Gasteiger partial charge on any atom is 0.119 e. The zero-order chi connectivity index (χ0) is 15.5. The number of hydrogen-bond donors (Lipinski definition) is 2. The summed E-state index contributed by atoms with van der Waals surface area (Å²) >= 11 is 0. The molecule has 2 saturated carbocycles.